The van der Waals surface area contributed by atoms with Crippen molar-refractivity contribution < 1.29 is 9.47 Å². The second kappa shape index (κ2) is 7.42. The van der Waals surface area contributed by atoms with E-state index < -0.39 is 0 Å². The molecule has 1 heterocycles. The van der Waals surface area contributed by atoms with Gasteiger partial charge in [-0.05, 0) is 34.9 Å². The largest absolute Gasteiger partial charge is 0.497 e. The molecule has 1 N–H and O–H groups in total. The zero-order valence-electron chi connectivity index (χ0n) is 14.5. The van der Waals surface area contributed by atoms with Gasteiger partial charge in [0.2, 0.25) is 0 Å². The molecule has 0 fully saturated rings. The summed E-state index contributed by atoms with van der Waals surface area (Å²) in [6.45, 7) is 1.44. The van der Waals surface area contributed by atoms with Crippen molar-refractivity contribution >= 4 is 21.6 Å². The van der Waals surface area contributed by atoms with Crippen molar-refractivity contribution in [2.24, 2.45) is 0 Å². The molecule has 0 radical (unpaired) electrons. The Morgan fingerprint density at radius 2 is 1.77 bits per heavy atom. The number of rotatable bonds is 5. The predicted octanol–water partition coefficient (Wildman–Crippen LogP) is 5.59. The van der Waals surface area contributed by atoms with Crippen LogP contribution in [0.25, 0.3) is 0 Å². The van der Waals surface area contributed by atoms with Crippen molar-refractivity contribution in [3.8, 4) is 11.5 Å². The summed E-state index contributed by atoms with van der Waals surface area (Å²) in [5.74, 6) is 2.06. The maximum atomic E-state index is 5.98. The molecule has 1 aliphatic heterocycles. The van der Waals surface area contributed by atoms with E-state index in [0.29, 0.717) is 12.5 Å². The number of nitrogens with one attached hydrogen (secondary N) is 1. The first kappa shape index (κ1) is 17.0. The minimum absolute atomic E-state index is 0.313. The van der Waals surface area contributed by atoms with Gasteiger partial charge in [0, 0.05) is 28.7 Å². The van der Waals surface area contributed by atoms with Gasteiger partial charge in [0.1, 0.15) is 18.1 Å². The van der Waals surface area contributed by atoms with Crippen LogP contribution in [-0.2, 0) is 6.61 Å². The van der Waals surface area contributed by atoms with Crippen LogP contribution < -0.4 is 14.8 Å². The molecule has 0 spiro atoms. The van der Waals surface area contributed by atoms with Gasteiger partial charge in [0.25, 0.3) is 0 Å². The van der Waals surface area contributed by atoms with Crippen LogP contribution in [0.3, 0.4) is 0 Å². The second-order valence-corrected chi connectivity index (χ2v) is 7.20. The van der Waals surface area contributed by atoms with Crippen molar-refractivity contribution in [3.05, 3.63) is 87.9 Å². The highest BCUT2D eigenvalue weighted by molar-refractivity contribution is 9.10. The Labute approximate surface area is 162 Å². The zero-order chi connectivity index (χ0) is 17.9. The van der Waals surface area contributed by atoms with Crippen LogP contribution in [0.2, 0.25) is 0 Å². The minimum Gasteiger partial charge on any atom is -0.497 e. The first-order valence-electron chi connectivity index (χ1n) is 8.62. The van der Waals surface area contributed by atoms with Crippen molar-refractivity contribution in [1.29, 1.82) is 0 Å². The predicted molar refractivity (Wildman–Crippen MR) is 108 cm³/mol. The highest BCUT2D eigenvalue weighted by atomic mass is 79.9. The third-order valence-electron chi connectivity index (χ3n) is 4.71. The van der Waals surface area contributed by atoms with E-state index >= 15 is 0 Å². The van der Waals surface area contributed by atoms with Gasteiger partial charge in [-0.15, -0.1) is 0 Å². The molecule has 0 aromatic heterocycles. The molecule has 3 aromatic rings. The van der Waals surface area contributed by atoms with Gasteiger partial charge in [0.05, 0.1) is 7.11 Å². The van der Waals surface area contributed by atoms with Crippen molar-refractivity contribution in [1.82, 2.24) is 0 Å². The Hall–Kier alpha value is -2.46. The molecule has 4 rings (SSSR count). The molecule has 1 atom stereocenters. The Morgan fingerprint density at radius 1 is 1.00 bits per heavy atom. The monoisotopic (exact) mass is 409 g/mol. The van der Waals surface area contributed by atoms with E-state index in [1.807, 2.05) is 30.3 Å². The highest BCUT2D eigenvalue weighted by Gasteiger charge is 2.27. The van der Waals surface area contributed by atoms with Crippen LogP contribution in [0.4, 0.5) is 5.69 Å². The lowest BCUT2D eigenvalue weighted by molar-refractivity contribution is 0.306. The van der Waals surface area contributed by atoms with E-state index in [4.69, 9.17) is 9.47 Å². The molecule has 0 amide bonds. The number of ether oxygens (including phenoxy) is 2. The fourth-order valence-electron chi connectivity index (χ4n) is 3.35. The topological polar surface area (TPSA) is 30.5 Å². The third-order valence-corrected chi connectivity index (χ3v) is 5.37. The number of benzene rings is 3. The van der Waals surface area contributed by atoms with Crippen LogP contribution in [0.5, 0.6) is 11.5 Å². The normalized spacial score (nSPS) is 15.2. The standard InChI is InChI=1S/C22H20BrNO2/c1-25-17-9-7-16(8-10-17)19-13-24-21-12-18(11-20(23)22(19)21)26-14-15-5-3-2-4-6-15/h2-12,19,24H,13-14H2,1H3. The average Bonchev–Trinajstić information content (AvgIpc) is 3.12. The molecule has 0 saturated heterocycles. The van der Waals surface area contributed by atoms with Gasteiger partial charge in [-0.2, -0.15) is 0 Å². The smallest absolute Gasteiger partial charge is 0.123 e. The number of hydrogen-bond donors (Lipinski definition) is 1. The average molecular weight is 410 g/mol. The molecule has 132 valence electrons. The lowest BCUT2D eigenvalue weighted by Crippen LogP contribution is -2.04. The van der Waals surface area contributed by atoms with Crippen LogP contribution in [0.15, 0.2) is 71.2 Å². The summed E-state index contributed by atoms with van der Waals surface area (Å²) >= 11 is 3.75. The van der Waals surface area contributed by atoms with E-state index in [1.165, 1.54) is 11.1 Å². The van der Waals surface area contributed by atoms with Crippen LogP contribution >= 0.6 is 15.9 Å². The van der Waals surface area contributed by atoms with Gasteiger partial charge < -0.3 is 14.8 Å². The summed E-state index contributed by atoms with van der Waals surface area (Å²) in [4.78, 5) is 0. The molecular formula is C22H20BrNO2. The van der Waals surface area contributed by atoms with Gasteiger partial charge in [-0.25, -0.2) is 0 Å². The molecule has 3 aromatic carbocycles. The molecule has 1 unspecified atom stereocenters. The van der Waals surface area contributed by atoms with Crippen molar-refractivity contribution in [3.63, 3.8) is 0 Å². The molecule has 26 heavy (non-hydrogen) atoms. The summed E-state index contributed by atoms with van der Waals surface area (Å²) in [6.07, 6.45) is 0. The molecular weight excluding hydrogens is 390 g/mol. The van der Waals surface area contributed by atoms with Crippen LogP contribution in [-0.4, -0.2) is 13.7 Å². The maximum absolute atomic E-state index is 5.98. The van der Waals surface area contributed by atoms with E-state index in [-0.39, 0.29) is 0 Å². The number of methoxy groups -OCH3 is 1. The summed E-state index contributed by atoms with van der Waals surface area (Å²) in [5, 5.41) is 3.52. The van der Waals surface area contributed by atoms with Gasteiger partial charge in [-0.1, -0.05) is 58.4 Å². The fourth-order valence-corrected chi connectivity index (χ4v) is 4.07. The van der Waals surface area contributed by atoms with Crippen LogP contribution in [0, 0.1) is 0 Å². The minimum atomic E-state index is 0.313. The molecule has 0 bridgehead atoms. The fraction of sp³-hybridized carbons (Fsp3) is 0.182. The lowest BCUT2D eigenvalue weighted by atomic mass is 9.93. The Balaban J connectivity index is 1.56. The number of anilines is 1. The molecule has 4 heteroatoms. The third kappa shape index (κ3) is 3.42. The number of fused-ring (bicyclic) bond motifs is 1. The van der Waals surface area contributed by atoms with E-state index in [2.05, 4.69) is 57.6 Å². The zero-order valence-corrected chi connectivity index (χ0v) is 16.1. The second-order valence-electron chi connectivity index (χ2n) is 6.35. The highest BCUT2D eigenvalue weighted by Crippen LogP contribution is 2.43. The summed E-state index contributed by atoms with van der Waals surface area (Å²) in [7, 11) is 1.69. The number of halogens is 1. The Kier molecular flexibility index (Phi) is 4.85. The Morgan fingerprint density at radius 3 is 2.50 bits per heavy atom. The summed E-state index contributed by atoms with van der Waals surface area (Å²) in [6, 6.07) is 22.6. The van der Waals surface area contributed by atoms with E-state index in [0.717, 1.165) is 33.8 Å². The SMILES string of the molecule is COc1ccc(C2CNc3cc(OCc4ccccc4)cc(Br)c32)cc1. The quantitative estimate of drug-likeness (QED) is 0.595. The molecule has 1 aliphatic rings. The van der Waals surface area contributed by atoms with Crippen molar-refractivity contribution in [2.75, 3.05) is 19.0 Å². The maximum Gasteiger partial charge on any atom is 0.123 e. The van der Waals surface area contributed by atoms with Gasteiger partial charge in [-0.3, -0.25) is 0 Å². The lowest BCUT2D eigenvalue weighted by Gasteiger charge is -2.14. The van der Waals surface area contributed by atoms with E-state index in [1.54, 1.807) is 7.11 Å². The molecule has 0 aliphatic carbocycles. The molecule has 3 nitrogen and oxygen atoms in total. The van der Waals surface area contributed by atoms with Crippen LogP contribution in [0.1, 0.15) is 22.6 Å². The Bertz CT molecular complexity index is 894. The summed E-state index contributed by atoms with van der Waals surface area (Å²) in [5.41, 5.74) is 4.84. The van der Waals surface area contributed by atoms with Gasteiger partial charge >= 0.3 is 0 Å². The first-order chi connectivity index (χ1) is 12.7. The van der Waals surface area contributed by atoms with Crippen molar-refractivity contribution in [2.45, 2.75) is 12.5 Å². The van der Waals surface area contributed by atoms with Gasteiger partial charge in [0.15, 0.2) is 0 Å². The number of hydrogen-bond acceptors (Lipinski definition) is 3. The van der Waals surface area contributed by atoms with E-state index in [9.17, 15) is 0 Å². The summed E-state index contributed by atoms with van der Waals surface area (Å²) < 4.78 is 12.3. The first-order valence-corrected chi connectivity index (χ1v) is 9.42. The molecule has 0 saturated carbocycles.